The molecule has 0 saturated carbocycles. The molecule has 0 atom stereocenters. The Morgan fingerprint density at radius 3 is 2.62 bits per heavy atom. The van der Waals surface area contributed by atoms with Crippen LogP contribution < -0.4 is 4.74 Å². The molecule has 1 heterocycles. The molecule has 0 aliphatic carbocycles. The van der Waals surface area contributed by atoms with Crippen molar-refractivity contribution in [1.29, 1.82) is 0 Å². The Labute approximate surface area is 103 Å². The Bertz CT molecular complexity index is 529. The molecule has 2 rings (SSSR count). The molecule has 1 aromatic carbocycles. The van der Waals surface area contributed by atoms with Crippen LogP contribution in [0.3, 0.4) is 0 Å². The summed E-state index contributed by atoms with van der Waals surface area (Å²) < 4.78 is 5.63. The van der Waals surface area contributed by atoms with E-state index in [1.807, 2.05) is 32.0 Å². The van der Waals surface area contributed by atoms with Gasteiger partial charge in [0.05, 0.1) is 6.10 Å². The van der Waals surface area contributed by atoms with Crippen molar-refractivity contribution < 1.29 is 4.74 Å². The van der Waals surface area contributed by atoms with Gasteiger partial charge in [-0.05, 0) is 37.6 Å². The highest BCUT2D eigenvalue weighted by atomic mass is 35.5. The van der Waals surface area contributed by atoms with Crippen LogP contribution in [0.2, 0.25) is 10.4 Å². The molecule has 0 bridgehead atoms. The summed E-state index contributed by atoms with van der Waals surface area (Å²) >= 11 is 11.7. The molecule has 3 nitrogen and oxygen atoms in total. The van der Waals surface area contributed by atoms with Crippen LogP contribution in [0.4, 0.5) is 0 Å². The number of para-hydroxylation sites is 1. The van der Waals surface area contributed by atoms with Crippen molar-refractivity contribution in [2.24, 2.45) is 0 Å². The Balaban J connectivity index is 2.66. The minimum absolute atomic E-state index is 0.0677. The molecule has 0 amide bonds. The average Bonchev–Trinajstić information content (AvgIpc) is 2.18. The molecule has 0 N–H and O–H groups in total. The SMILES string of the molecule is CC(C)Oc1cccc2c(Cl)nc(Cl)nc12. The molecular formula is C11H10Cl2N2O. The summed E-state index contributed by atoms with van der Waals surface area (Å²) in [5, 5.41) is 1.20. The Morgan fingerprint density at radius 2 is 1.94 bits per heavy atom. The van der Waals surface area contributed by atoms with Gasteiger partial charge in [0.15, 0.2) is 0 Å². The zero-order valence-electron chi connectivity index (χ0n) is 8.87. The van der Waals surface area contributed by atoms with Crippen molar-refractivity contribution in [3.8, 4) is 5.75 Å². The van der Waals surface area contributed by atoms with Crippen LogP contribution in [0.15, 0.2) is 18.2 Å². The van der Waals surface area contributed by atoms with E-state index in [9.17, 15) is 0 Å². The van der Waals surface area contributed by atoms with Gasteiger partial charge in [0.2, 0.25) is 5.28 Å². The third-order valence-electron chi connectivity index (χ3n) is 1.98. The first kappa shape index (κ1) is 11.4. The number of hydrogen-bond acceptors (Lipinski definition) is 3. The molecule has 1 aromatic heterocycles. The second-order valence-corrected chi connectivity index (χ2v) is 4.30. The predicted octanol–water partition coefficient (Wildman–Crippen LogP) is 3.72. The number of hydrogen-bond donors (Lipinski definition) is 0. The van der Waals surface area contributed by atoms with Gasteiger partial charge in [0.25, 0.3) is 0 Å². The highest BCUT2D eigenvalue weighted by molar-refractivity contribution is 6.35. The van der Waals surface area contributed by atoms with Gasteiger partial charge in [-0.15, -0.1) is 0 Å². The second-order valence-electron chi connectivity index (χ2n) is 3.60. The number of ether oxygens (including phenoxy) is 1. The fourth-order valence-electron chi connectivity index (χ4n) is 1.41. The van der Waals surface area contributed by atoms with Crippen molar-refractivity contribution in [3.63, 3.8) is 0 Å². The van der Waals surface area contributed by atoms with Gasteiger partial charge in [0, 0.05) is 5.39 Å². The first-order valence-corrected chi connectivity index (χ1v) is 5.62. The molecule has 84 valence electrons. The van der Waals surface area contributed by atoms with E-state index in [0.29, 0.717) is 16.4 Å². The molecule has 0 spiro atoms. The monoisotopic (exact) mass is 256 g/mol. The molecule has 0 unspecified atom stereocenters. The maximum atomic E-state index is 5.98. The minimum atomic E-state index is 0.0677. The lowest BCUT2D eigenvalue weighted by atomic mass is 10.2. The van der Waals surface area contributed by atoms with E-state index in [2.05, 4.69) is 9.97 Å². The minimum Gasteiger partial charge on any atom is -0.489 e. The zero-order chi connectivity index (χ0) is 11.7. The predicted molar refractivity (Wildman–Crippen MR) is 65.3 cm³/mol. The summed E-state index contributed by atoms with van der Waals surface area (Å²) in [6.07, 6.45) is 0.0677. The highest BCUT2D eigenvalue weighted by Crippen LogP contribution is 2.29. The van der Waals surface area contributed by atoms with Crippen LogP contribution in [0.1, 0.15) is 13.8 Å². The lowest BCUT2D eigenvalue weighted by Crippen LogP contribution is -2.06. The molecule has 5 heteroatoms. The van der Waals surface area contributed by atoms with Gasteiger partial charge in [-0.25, -0.2) is 9.97 Å². The second kappa shape index (κ2) is 4.44. The molecule has 0 aliphatic rings. The van der Waals surface area contributed by atoms with Gasteiger partial charge in [-0.3, -0.25) is 0 Å². The van der Waals surface area contributed by atoms with E-state index in [1.165, 1.54) is 0 Å². The third kappa shape index (κ3) is 2.20. The van der Waals surface area contributed by atoms with Crippen molar-refractivity contribution in [2.75, 3.05) is 0 Å². The zero-order valence-corrected chi connectivity index (χ0v) is 10.4. The first-order chi connectivity index (χ1) is 7.58. The molecule has 16 heavy (non-hydrogen) atoms. The van der Waals surface area contributed by atoms with E-state index < -0.39 is 0 Å². The number of fused-ring (bicyclic) bond motifs is 1. The van der Waals surface area contributed by atoms with E-state index in [1.54, 1.807) is 0 Å². The summed E-state index contributed by atoms with van der Waals surface area (Å²) in [5.74, 6) is 0.665. The molecule has 0 aliphatic heterocycles. The van der Waals surface area contributed by atoms with Crippen LogP contribution in [0.5, 0.6) is 5.75 Å². The fourth-order valence-corrected chi connectivity index (χ4v) is 1.86. The van der Waals surface area contributed by atoms with Crippen molar-refractivity contribution in [3.05, 3.63) is 28.6 Å². The van der Waals surface area contributed by atoms with Gasteiger partial charge < -0.3 is 4.74 Å². The Kier molecular flexibility index (Phi) is 3.17. The Morgan fingerprint density at radius 1 is 1.19 bits per heavy atom. The summed E-state index contributed by atoms with van der Waals surface area (Å²) in [7, 11) is 0. The van der Waals surface area contributed by atoms with E-state index >= 15 is 0 Å². The largest absolute Gasteiger partial charge is 0.489 e. The van der Waals surface area contributed by atoms with Crippen LogP contribution >= 0.6 is 23.2 Å². The normalized spacial score (nSPS) is 11.1. The summed E-state index contributed by atoms with van der Waals surface area (Å²) in [4.78, 5) is 8.02. The van der Waals surface area contributed by atoms with E-state index in [4.69, 9.17) is 27.9 Å². The molecular weight excluding hydrogens is 247 g/mol. The van der Waals surface area contributed by atoms with E-state index in [0.717, 1.165) is 5.39 Å². The first-order valence-electron chi connectivity index (χ1n) is 4.86. The molecule has 0 fully saturated rings. The van der Waals surface area contributed by atoms with Gasteiger partial charge in [0.1, 0.15) is 16.4 Å². The van der Waals surface area contributed by atoms with Crippen LogP contribution in [-0.2, 0) is 0 Å². The summed E-state index contributed by atoms with van der Waals surface area (Å²) in [5.41, 5.74) is 0.640. The third-order valence-corrected chi connectivity index (χ3v) is 2.44. The molecule has 0 saturated heterocycles. The number of halogens is 2. The lowest BCUT2D eigenvalue weighted by molar-refractivity contribution is 0.245. The van der Waals surface area contributed by atoms with Crippen molar-refractivity contribution >= 4 is 34.1 Å². The van der Waals surface area contributed by atoms with Gasteiger partial charge in [-0.1, -0.05) is 17.7 Å². The Hall–Kier alpha value is -1.06. The average molecular weight is 257 g/mol. The maximum absolute atomic E-state index is 5.98. The number of benzene rings is 1. The van der Waals surface area contributed by atoms with Crippen LogP contribution in [0.25, 0.3) is 10.9 Å². The molecule has 0 radical (unpaired) electrons. The van der Waals surface area contributed by atoms with Crippen molar-refractivity contribution in [1.82, 2.24) is 9.97 Å². The number of rotatable bonds is 2. The lowest BCUT2D eigenvalue weighted by Gasteiger charge is -2.11. The smallest absolute Gasteiger partial charge is 0.224 e. The topological polar surface area (TPSA) is 35.0 Å². The standard InChI is InChI=1S/C11H10Cl2N2O/c1-6(2)16-8-5-3-4-7-9(8)14-11(13)15-10(7)12/h3-6H,1-2H3. The number of nitrogens with zero attached hydrogens (tertiary/aromatic N) is 2. The van der Waals surface area contributed by atoms with Crippen LogP contribution in [0, 0.1) is 0 Å². The highest BCUT2D eigenvalue weighted by Gasteiger charge is 2.10. The van der Waals surface area contributed by atoms with Gasteiger partial charge in [-0.2, -0.15) is 0 Å². The fraction of sp³-hybridized carbons (Fsp3) is 0.273. The van der Waals surface area contributed by atoms with Crippen LogP contribution in [-0.4, -0.2) is 16.1 Å². The summed E-state index contributed by atoms with van der Waals surface area (Å²) in [6.45, 7) is 3.90. The van der Waals surface area contributed by atoms with Gasteiger partial charge >= 0.3 is 0 Å². The maximum Gasteiger partial charge on any atom is 0.224 e. The summed E-state index contributed by atoms with van der Waals surface area (Å²) in [6, 6.07) is 5.52. The van der Waals surface area contributed by atoms with E-state index in [-0.39, 0.29) is 11.4 Å². The van der Waals surface area contributed by atoms with Crippen molar-refractivity contribution in [2.45, 2.75) is 20.0 Å². The quantitative estimate of drug-likeness (QED) is 0.607. The number of aromatic nitrogens is 2. The molecule has 2 aromatic rings.